The standard InChI is InChI=1S/C19H41N5O.C8H11N.C2H6/c1-6-7-10-13-23-15(21)14(20)16(25)24(22)17(18(2,3)4)19(5)11-8-9-12-19;1-6-3-4-8(9)5-7(6)2;1-2/h14-15,17,23H,6-13,20-22H2,1-5H3;3-5H,9H2,1-2H3;1-2H3. The van der Waals surface area contributed by atoms with Crippen LogP contribution in [0.1, 0.15) is 105 Å². The summed E-state index contributed by atoms with van der Waals surface area (Å²) in [6, 6.07) is 5.04. The minimum absolute atomic E-state index is 0.0288. The van der Waals surface area contributed by atoms with Crippen molar-refractivity contribution in [3.8, 4) is 0 Å². The first kappa shape index (κ1) is 34.3. The molecule has 0 aromatic heterocycles. The van der Waals surface area contributed by atoms with Gasteiger partial charge in [0.05, 0.1) is 12.2 Å². The number of carbonyl (C=O) groups is 1. The maximum atomic E-state index is 12.9. The molecule has 1 saturated carbocycles. The lowest BCUT2D eigenvalue weighted by molar-refractivity contribution is -0.143. The molecule has 7 heteroatoms. The zero-order valence-electron chi connectivity index (χ0n) is 24.8. The van der Waals surface area contributed by atoms with Crippen LogP contribution in [0, 0.1) is 24.7 Å². The molecule has 1 amide bonds. The van der Waals surface area contributed by atoms with Gasteiger partial charge in [-0.2, -0.15) is 0 Å². The van der Waals surface area contributed by atoms with Gasteiger partial charge in [-0.05, 0) is 73.7 Å². The summed E-state index contributed by atoms with van der Waals surface area (Å²) in [7, 11) is 0. The normalized spacial score (nSPS) is 17.1. The Hall–Kier alpha value is -1.67. The molecule has 0 spiro atoms. The highest BCUT2D eigenvalue weighted by atomic mass is 16.2. The quantitative estimate of drug-likeness (QED) is 0.0799. The number of nitrogens with zero attached hydrogens (tertiary/aromatic N) is 1. The lowest BCUT2D eigenvalue weighted by atomic mass is 9.68. The molecule has 36 heavy (non-hydrogen) atoms. The van der Waals surface area contributed by atoms with Gasteiger partial charge in [-0.25, -0.2) is 5.84 Å². The number of rotatable bonds is 9. The molecular formula is C29H58N6O. The lowest BCUT2D eigenvalue weighted by Gasteiger charge is -2.48. The summed E-state index contributed by atoms with van der Waals surface area (Å²) in [5.74, 6) is 6.07. The van der Waals surface area contributed by atoms with E-state index in [0.717, 1.165) is 44.3 Å². The van der Waals surface area contributed by atoms with Crippen molar-refractivity contribution in [3.63, 3.8) is 0 Å². The second kappa shape index (κ2) is 16.2. The third-order valence-corrected chi connectivity index (χ3v) is 7.12. The monoisotopic (exact) mass is 506 g/mol. The van der Waals surface area contributed by atoms with Crippen LogP contribution in [0.2, 0.25) is 0 Å². The summed E-state index contributed by atoms with van der Waals surface area (Å²) in [6.07, 6.45) is 7.29. The van der Waals surface area contributed by atoms with Crippen molar-refractivity contribution in [2.24, 2.45) is 28.1 Å². The number of carbonyl (C=O) groups excluding carboxylic acids is 1. The highest BCUT2D eigenvalue weighted by molar-refractivity contribution is 5.82. The predicted molar refractivity (Wildman–Crippen MR) is 156 cm³/mol. The molecular weight excluding hydrogens is 448 g/mol. The van der Waals surface area contributed by atoms with Crippen LogP contribution in [0.5, 0.6) is 0 Å². The maximum absolute atomic E-state index is 12.9. The van der Waals surface area contributed by atoms with Gasteiger partial charge in [0.25, 0.3) is 5.91 Å². The molecule has 7 nitrogen and oxygen atoms in total. The predicted octanol–water partition coefficient (Wildman–Crippen LogP) is 4.99. The topological polar surface area (TPSA) is 136 Å². The molecule has 1 aliphatic rings. The average molecular weight is 507 g/mol. The number of hydrogen-bond donors (Lipinski definition) is 5. The Morgan fingerprint density at radius 2 is 1.64 bits per heavy atom. The van der Waals surface area contributed by atoms with E-state index in [9.17, 15) is 4.79 Å². The fraction of sp³-hybridized carbons (Fsp3) is 0.759. The Bertz CT molecular complexity index is 755. The molecule has 9 N–H and O–H groups in total. The minimum atomic E-state index is -0.832. The van der Waals surface area contributed by atoms with E-state index >= 15 is 0 Å². The van der Waals surface area contributed by atoms with E-state index in [-0.39, 0.29) is 22.8 Å². The largest absolute Gasteiger partial charge is 0.399 e. The molecule has 1 aromatic carbocycles. The number of nitrogens with two attached hydrogens (primary N) is 4. The van der Waals surface area contributed by atoms with E-state index in [2.05, 4.69) is 53.8 Å². The van der Waals surface area contributed by atoms with Gasteiger partial charge in [-0.1, -0.05) is 80.2 Å². The number of nitrogens with one attached hydrogen (secondary N) is 1. The van der Waals surface area contributed by atoms with Crippen molar-refractivity contribution < 1.29 is 4.79 Å². The fourth-order valence-electron chi connectivity index (χ4n) is 5.24. The molecule has 3 unspecified atom stereocenters. The van der Waals surface area contributed by atoms with E-state index in [0.29, 0.717) is 0 Å². The minimum Gasteiger partial charge on any atom is -0.399 e. The Kier molecular flexibility index (Phi) is 15.5. The highest BCUT2D eigenvalue weighted by Crippen LogP contribution is 2.48. The van der Waals surface area contributed by atoms with E-state index in [1.165, 1.54) is 29.0 Å². The van der Waals surface area contributed by atoms with Crippen LogP contribution in [0.3, 0.4) is 0 Å². The first-order valence-corrected chi connectivity index (χ1v) is 13.9. The second-order valence-corrected chi connectivity index (χ2v) is 11.4. The zero-order valence-corrected chi connectivity index (χ0v) is 24.8. The average Bonchev–Trinajstić information content (AvgIpc) is 3.25. The van der Waals surface area contributed by atoms with E-state index in [1.807, 2.05) is 32.0 Å². The van der Waals surface area contributed by atoms with Crippen molar-refractivity contribution >= 4 is 11.6 Å². The van der Waals surface area contributed by atoms with Crippen LogP contribution >= 0.6 is 0 Å². The third kappa shape index (κ3) is 10.8. The number of anilines is 1. The number of benzene rings is 1. The Morgan fingerprint density at radius 1 is 1.08 bits per heavy atom. The zero-order chi connectivity index (χ0) is 28.1. The van der Waals surface area contributed by atoms with Gasteiger partial charge < -0.3 is 22.5 Å². The fourth-order valence-corrected chi connectivity index (χ4v) is 5.24. The summed E-state index contributed by atoms with van der Waals surface area (Å²) in [6.45, 7) is 19.7. The van der Waals surface area contributed by atoms with Crippen LogP contribution in [-0.4, -0.2) is 35.7 Å². The van der Waals surface area contributed by atoms with Gasteiger partial charge in [0.1, 0.15) is 6.04 Å². The SMILES string of the molecule is CC.CCCCCNC(N)C(N)C(=O)N(N)C(C(C)(C)C)C1(C)CCCC1.Cc1ccc(N)cc1C. The first-order valence-electron chi connectivity index (χ1n) is 13.9. The molecule has 0 aliphatic heterocycles. The molecule has 3 atom stereocenters. The van der Waals surface area contributed by atoms with Crippen molar-refractivity contribution in [1.82, 2.24) is 10.3 Å². The molecule has 1 fully saturated rings. The van der Waals surface area contributed by atoms with Crippen molar-refractivity contribution in [3.05, 3.63) is 29.3 Å². The smallest absolute Gasteiger partial charge is 0.256 e. The summed E-state index contributed by atoms with van der Waals surface area (Å²) in [5.41, 5.74) is 21.1. The molecule has 210 valence electrons. The highest BCUT2D eigenvalue weighted by Gasteiger charge is 2.48. The maximum Gasteiger partial charge on any atom is 0.256 e. The molecule has 0 radical (unpaired) electrons. The van der Waals surface area contributed by atoms with Gasteiger partial charge in [0, 0.05) is 5.69 Å². The van der Waals surface area contributed by atoms with Gasteiger partial charge in [-0.15, -0.1) is 0 Å². The van der Waals surface area contributed by atoms with Crippen LogP contribution in [0.4, 0.5) is 5.69 Å². The van der Waals surface area contributed by atoms with E-state index in [1.54, 1.807) is 0 Å². The van der Waals surface area contributed by atoms with Crippen LogP contribution in [-0.2, 0) is 4.79 Å². The lowest BCUT2D eigenvalue weighted by Crippen LogP contribution is -2.66. The number of aryl methyl sites for hydroxylation is 2. The van der Waals surface area contributed by atoms with Gasteiger partial charge in [-0.3, -0.25) is 9.80 Å². The van der Waals surface area contributed by atoms with Gasteiger partial charge >= 0.3 is 0 Å². The Labute approximate surface area is 222 Å². The Balaban J connectivity index is 0.000000922. The summed E-state index contributed by atoms with van der Waals surface area (Å²) in [5, 5.41) is 4.55. The molecule has 0 bridgehead atoms. The molecule has 2 rings (SSSR count). The van der Waals surface area contributed by atoms with Gasteiger partial charge in [0.15, 0.2) is 0 Å². The van der Waals surface area contributed by atoms with Gasteiger partial charge in [0.2, 0.25) is 0 Å². The summed E-state index contributed by atoms with van der Waals surface area (Å²) in [4.78, 5) is 12.9. The van der Waals surface area contributed by atoms with Crippen LogP contribution in [0.25, 0.3) is 0 Å². The van der Waals surface area contributed by atoms with Crippen molar-refractivity contribution in [2.75, 3.05) is 12.3 Å². The summed E-state index contributed by atoms with van der Waals surface area (Å²) >= 11 is 0. The van der Waals surface area contributed by atoms with Crippen molar-refractivity contribution in [2.45, 2.75) is 126 Å². The molecule has 1 aliphatic carbocycles. The number of unbranched alkanes of at least 4 members (excludes halogenated alkanes) is 2. The van der Waals surface area contributed by atoms with E-state index in [4.69, 9.17) is 23.0 Å². The van der Waals surface area contributed by atoms with Crippen LogP contribution in [0.15, 0.2) is 18.2 Å². The first-order chi connectivity index (χ1) is 16.7. The number of nitrogen functional groups attached to an aromatic ring is 1. The molecule has 0 saturated heterocycles. The second-order valence-electron chi connectivity index (χ2n) is 11.4. The summed E-state index contributed by atoms with van der Waals surface area (Å²) < 4.78 is 0. The third-order valence-electron chi connectivity index (χ3n) is 7.12. The molecule has 0 heterocycles. The Morgan fingerprint density at radius 3 is 2.08 bits per heavy atom. The molecule has 1 aromatic rings. The number of hydrogen-bond acceptors (Lipinski definition) is 6. The van der Waals surface area contributed by atoms with E-state index < -0.39 is 12.2 Å². The van der Waals surface area contributed by atoms with Crippen molar-refractivity contribution in [1.29, 1.82) is 0 Å². The van der Waals surface area contributed by atoms with Crippen LogP contribution < -0.4 is 28.4 Å². The number of amides is 1. The number of hydrazine groups is 1.